The lowest BCUT2D eigenvalue weighted by Gasteiger charge is -2.08. The maximum Gasteiger partial charge on any atom is 0.416 e. The Hall–Kier alpha value is -2.35. The van der Waals surface area contributed by atoms with Crippen LogP contribution in [0.4, 0.5) is 19.0 Å². The minimum Gasteiger partial charge on any atom is -0.443 e. The molecule has 3 heterocycles. The van der Waals surface area contributed by atoms with Crippen molar-refractivity contribution in [1.29, 1.82) is 0 Å². The summed E-state index contributed by atoms with van der Waals surface area (Å²) >= 11 is 1.49. The number of anilines is 1. The van der Waals surface area contributed by atoms with Gasteiger partial charge in [0.25, 0.3) is 0 Å². The number of oxazole rings is 1. The van der Waals surface area contributed by atoms with Gasteiger partial charge < -0.3 is 9.73 Å². The van der Waals surface area contributed by atoms with Gasteiger partial charge in [0.15, 0.2) is 0 Å². The number of hydrogen-bond donors (Lipinski definition) is 1. The lowest BCUT2D eigenvalue weighted by atomic mass is 10.2. The summed E-state index contributed by atoms with van der Waals surface area (Å²) in [7, 11) is 0. The van der Waals surface area contributed by atoms with Crippen LogP contribution in [0.3, 0.4) is 0 Å². The molecule has 114 valence electrons. The van der Waals surface area contributed by atoms with Crippen molar-refractivity contribution in [3.63, 3.8) is 0 Å². The van der Waals surface area contributed by atoms with Crippen molar-refractivity contribution >= 4 is 17.2 Å². The van der Waals surface area contributed by atoms with Gasteiger partial charge in [-0.15, -0.1) is 11.3 Å². The summed E-state index contributed by atoms with van der Waals surface area (Å²) in [5.74, 6) is 0.624. The first kappa shape index (κ1) is 14.6. The molecular weight excluding hydrogens is 315 g/mol. The maximum atomic E-state index is 12.6. The zero-order valence-electron chi connectivity index (χ0n) is 11.1. The van der Waals surface area contributed by atoms with Gasteiger partial charge in [0.2, 0.25) is 5.89 Å². The Morgan fingerprint density at radius 1 is 1.27 bits per heavy atom. The van der Waals surface area contributed by atoms with Crippen LogP contribution in [-0.2, 0) is 12.7 Å². The minimum atomic E-state index is -4.39. The van der Waals surface area contributed by atoms with Crippen LogP contribution in [0.5, 0.6) is 0 Å². The van der Waals surface area contributed by atoms with Gasteiger partial charge in [0.1, 0.15) is 12.1 Å². The second-order valence-electron chi connectivity index (χ2n) is 4.40. The molecule has 0 aliphatic heterocycles. The number of alkyl halides is 3. The van der Waals surface area contributed by atoms with Crippen molar-refractivity contribution in [2.24, 2.45) is 0 Å². The van der Waals surface area contributed by atoms with Gasteiger partial charge in [-0.3, -0.25) is 0 Å². The molecule has 0 saturated heterocycles. The van der Waals surface area contributed by atoms with Gasteiger partial charge in [-0.1, -0.05) is 6.07 Å². The summed E-state index contributed by atoms with van der Waals surface area (Å²) in [6.07, 6.45) is -1.81. The third-order valence-corrected chi connectivity index (χ3v) is 3.68. The molecular formula is C14H10F3N3OS. The highest BCUT2D eigenvalue weighted by molar-refractivity contribution is 7.13. The van der Waals surface area contributed by atoms with Gasteiger partial charge in [-0.05, 0) is 23.6 Å². The van der Waals surface area contributed by atoms with E-state index in [2.05, 4.69) is 15.3 Å². The fourth-order valence-corrected chi connectivity index (χ4v) is 2.44. The first-order valence-electron chi connectivity index (χ1n) is 6.28. The number of nitrogens with zero attached hydrogens (tertiary/aromatic N) is 2. The molecule has 22 heavy (non-hydrogen) atoms. The molecule has 0 radical (unpaired) electrons. The van der Waals surface area contributed by atoms with Crippen molar-refractivity contribution in [3.8, 4) is 10.8 Å². The van der Waals surface area contributed by atoms with Crippen LogP contribution in [0, 0.1) is 0 Å². The molecule has 0 bridgehead atoms. The molecule has 3 aromatic rings. The molecule has 0 spiro atoms. The topological polar surface area (TPSA) is 51.0 Å². The number of halogens is 3. The van der Waals surface area contributed by atoms with Crippen molar-refractivity contribution in [2.75, 3.05) is 5.32 Å². The van der Waals surface area contributed by atoms with E-state index in [-0.39, 0.29) is 12.4 Å². The normalized spacial score (nSPS) is 11.6. The van der Waals surface area contributed by atoms with Crippen LogP contribution in [0.1, 0.15) is 11.3 Å². The molecule has 3 aromatic heterocycles. The molecule has 0 amide bonds. The summed E-state index contributed by atoms with van der Waals surface area (Å²) in [4.78, 5) is 9.02. The largest absolute Gasteiger partial charge is 0.443 e. The Kier molecular flexibility index (Phi) is 3.84. The molecule has 0 aliphatic rings. The van der Waals surface area contributed by atoms with Crippen LogP contribution in [0.15, 0.2) is 46.5 Å². The lowest BCUT2D eigenvalue weighted by Crippen LogP contribution is -2.07. The fraction of sp³-hybridized carbons (Fsp3) is 0.143. The second-order valence-corrected chi connectivity index (χ2v) is 5.35. The first-order chi connectivity index (χ1) is 10.5. The van der Waals surface area contributed by atoms with Crippen LogP contribution in [0.25, 0.3) is 10.8 Å². The number of hydrogen-bond acceptors (Lipinski definition) is 5. The molecule has 1 N–H and O–H groups in total. The van der Waals surface area contributed by atoms with Gasteiger partial charge in [0, 0.05) is 6.20 Å². The molecule has 0 aromatic carbocycles. The zero-order chi connectivity index (χ0) is 15.6. The average molecular weight is 325 g/mol. The summed E-state index contributed by atoms with van der Waals surface area (Å²) in [5, 5.41) is 4.71. The highest BCUT2D eigenvalue weighted by Crippen LogP contribution is 2.30. The van der Waals surface area contributed by atoms with E-state index >= 15 is 0 Å². The van der Waals surface area contributed by atoms with E-state index in [0.717, 1.165) is 23.2 Å². The minimum absolute atomic E-state index is 0.135. The molecule has 8 heteroatoms. The smallest absolute Gasteiger partial charge is 0.416 e. The highest BCUT2D eigenvalue weighted by Gasteiger charge is 2.30. The number of thiophene rings is 1. The predicted octanol–water partition coefficient (Wildman–Crippen LogP) is 4.43. The second kappa shape index (κ2) is 5.80. The van der Waals surface area contributed by atoms with Gasteiger partial charge in [-0.2, -0.15) is 13.2 Å². The van der Waals surface area contributed by atoms with E-state index in [4.69, 9.17) is 4.42 Å². The summed E-state index contributed by atoms with van der Waals surface area (Å²) in [5.41, 5.74) is -0.160. The standard InChI is InChI=1S/C14H10F3N3OS/c15-14(16,17)9-3-4-18-12(6-9)19-7-10-8-21-13(20-10)11-2-1-5-22-11/h1-6,8H,7H2,(H,18,19). The Bertz CT molecular complexity index is 753. The molecule has 0 fully saturated rings. The van der Waals surface area contributed by atoms with Crippen molar-refractivity contribution in [3.05, 3.63) is 53.4 Å². The summed E-state index contributed by atoms with van der Waals surface area (Å²) in [6.45, 7) is 0.225. The molecule has 0 saturated carbocycles. The van der Waals surface area contributed by atoms with Crippen LogP contribution >= 0.6 is 11.3 Å². The third-order valence-electron chi connectivity index (χ3n) is 2.82. The van der Waals surface area contributed by atoms with Crippen LogP contribution in [-0.4, -0.2) is 9.97 Å². The third kappa shape index (κ3) is 3.28. The molecule has 4 nitrogen and oxygen atoms in total. The molecule has 3 rings (SSSR count). The molecule has 0 aliphatic carbocycles. The maximum absolute atomic E-state index is 12.6. The summed E-state index contributed by atoms with van der Waals surface area (Å²) in [6, 6.07) is 5.65. The predicted molar refractivity (Wildman–Crippen MR) is 76.4 cm³/mol. The Balaban J connectivity index is 1.68. The Labute approximate surface area is 127 Å². The first-order valence-corrected chi connectivity index (χ1v) is 7.16. The van der Waals surface area contributed by atoms with Gasteiger partial charge >= 0.3 is 6.18 Å². The van der Waals surface area contributed by atoms with E-state index < -0.39 is 11.7 Å². The highest BCUT2D eigenvalue weighted by atomic mass is 32.1. The number of nitrogens with one attached hydrogen (secondary N) is 1. The Morgan fingerprint density at radius 2 is 2.14 bits per heavy atom. The van der Waals surface area contributed by atoms with E-state index in [1.54, 1.807) is 0 Å². The van der Waals surface area contributed by atoms with Crippen molar-refractivity contribution < 1.29 is 17.6 Å². The summed E-state index contributed by atoms with van der Waals surface area (Å²) < 4.78 is 43.2. The number of aromatic nitrogens is 2. The van der Waals surface area contributed by atoms with E-state index in [1.165, 1.54) is 17.6 Å². The van der Waals surface area contributed by atoms with E-state index in [1.807, 2.05) is 17.5 Å². The van der Waals surface area contributed by atoms with Crippen LogP contribution in [0.2, 0.25) is 0 Å². The van der Waals surface area contributed by atoms with E-state index in [9.17, 15) is 13.2 Å². The molecule has 0 unspecified atom stereocenters. The van der Waals surface area contributed by atoms with Gasteiger partial charge in [0.05, 0.1) is 22.7 Å². The Morgan fingerprint density at radius 3 is 2.86 bits per heavy atom. The molecule has 0 atom stereocenters. The zero-order valence-corrected chi connectivity index (χ0v) is 11.9. The average Bonchev–Trinajstić information content (AvgIpc) is 3.15. The SMILES string of the molecule is FC(F)(F)c1ccnc(NCc2coc(-c3cccs3)n2)c1. The van der Waals surface area contributed by atoms with Crippen LogP contribution < -0.4 is 5.32 Å². The van der Waals surface area contributed by atoms with Crippen molar-refractivity contribution in [2.45, 2.75) is 12.7 Å². The fourth-order valence-electron chi connectivity index (χ4n) is 1.79. The lowest BCUT2D eigenvalue weighted by molar-refractivity contribution is -0.137. The monoisotopic (exact) mass is 325 g/mol. The van der Waals surface area contributed by atoms with E-state index in [0.29, 0.717) is 11.6 Å². The number of pyridine rings is 1. The van der Waals surface area contributed by atoms with Gasteiger partial charge in [-0.25, -0.2) is 9.97 Å². The number of rotatable bonds is 4. The van der Waals surface area contributed by atoms with Crippen molar-refractivity contribution in [1.82, 2.24) is 9.97 Å². The quantitative estimate of drug-likeness (QED) is 0.771.